The zero-order chi connectivity index (χ0) is 18.8. The maximum Gasteiger partial charge on any atom is 0.329 e. The van der Waals surface area contributed by atoms with Gasteiger partial charge in [0, 0.05) is 30.1 Å². The van der Waals surface area contributed by atoms with E-state index in [0.717, 1.165) is 0 Å². The van der Waals surface area contributed by atoms with Crippen LogP contribution in [0.5, 0.6) is 0 Å². The maximum atomic E-state index is 11.8. The Morgan fingerprint density at radius 3 is 2.64 bits per heavy atom. The number of benzene rings is 1. The first-order valence-corrected chi connectivity index (χ1v) is 7.10. The molecule has 134 valence electrons. The average molecular weight is 351 g/mol. The van der Waals surface area contributed by atoms with E-state index in [1.807, 2.05) is 5.43 Å². The highest BCUT2D eigenvalue weighted by Gasteiger charge is 2.13. The quantitative estimate of drug-likeness (QED) is 0.224. The summed E-state index contributed by atoms with van der Waals surface area (Å²) in [5.74, 6) is -2.50. The summed E-state index contributed by atoms with van der Waals surface area (Å²) in [6.45, 7) is 1.08. The number of non-ortho nitro benzene ring substituents is 1. The van der Waals surface area contributed by atoms with Crippen LogP contribution in [0.2, 0.25) is 0 Å². The van der Waals surface area contributed by atoms with E-state index in [1.165, 1.54) is 31.2 Å². The van der Waals surface area contributed by atoms with Crippen LogP contribution in [-0.2, 0) is 14.4 Å². The van der Waals surface area contributed by atoms with Gasteiger partial charge in [-0.15, -0.1) is 0 Å². The number of rotatable bonds is 7. The third-order valence-electron chi connectivity index (χ3n) is 2.71. The number of nitro benzene ring substituents is 1. The first-order chi connectivity index (χ1) is 11.8. The lowest BCUT2D eigenvalue weighted by molar-refractivity contribution is -0.384. The van der Waals surface area contributed by atoms with Gasteiger partial charge in [0.25, 0.3) is 5.69 Å². The van der Waals surface area contributed by atoms with Crippen molar-refractivity contribution in [1.82, 2.24) is 10.7 Å². The van der Waals surface area contributed by atoms with Gasteiger partial charge in [0.1, 0.15) is 0 Å². The molecule has 0 aromatic heterocycles. The third kappa shape index (κ3) is 7.18. The average Bonchev–Trinajstić information content (AvgIpc) is 2.57. The van der Waals surface area contributed by atoms with E-state index in [0.29, 0.717) is 0 Å². The number of hydrazone groups is 1. The largest absolute Gasteiger partial charge is 0.395 e. The van der Waals surface area contributed by atoms with E-state index in [-0.39, 0.29) is 36.7 Å². The number of carbonyl (C=O) groups excluding carboxylic acids is 3. The first kappa shape index (κ1) is 19.7. The SMILES string of the molecule is C/C(CC(=O)Nc1cccc([N+](=O)[O-])c1)=N\NC(=O)C(=O)NCCO. The van der Waals surface area contributed by atoms with E-state index in [2.05, 4.69) is 15.7 Å². The molecule has 11 heteroatoms. The lowest BCUT2D eigenvalue weighted by atomic mass is 10.2. The topological polar surface area (TPSA) is 163 Å². The summed E-state index contributed by atoms with van der Waals surface area (Å²) in [6.07, 6.45) is -0.193. The molecule has 0 radical (unpaired) electrons. The molecule has 0 heterocycles. The molecular formula is C14H17N5O6. The second kappa shape index (κ2) is 9.72. The molecule has 11 nitrogen and oxygen atoms in total. The molecule has 25 heavy (non-hydrogen) atoms. The van der Waals surface area contributed by atoms with Crippen molar-refractivity contribution in [1.29, 1.82) is 0 Å². The molecule has 0 atom stereocenters. The second-order valence-corrected chi connectivity index (χ2v) is 4.80. The van der Waals surface area contributed by atoms with Gasteiger partial charge < -0.3 is 15.7 Å². The molecule has 0 aliphatic heterocycles. The minimum absolute atomic E-state index is 0.0689. The molecule has 0 saturated carbocycles. The number of aliphatic hydroxyl groups is 1. The molecular weight excluding hydrogens is 334 g/mol. The van der Waals surface area contributed by atoms with Crippen LogP contribution in [-0.4, -0.2) is 46.6 Å². The fourth-order valence-corrected chi connectivity index (χ4v) is 1.62. The molecule has 1 rings (SSSR count). The summed E-state index contributed by atoms with van der Waals surface area (Å²) >= 11 is 0. The van der Waals surface area contributed by atoms with Gasteiger partial charge in [-0.2, -0.15) is 5.10 Å². The molecule has 0 unspecified atom stereocenters. The van der Waals surface area contributed by atoms with Crippen LogP contribution >= 0.6 is 0 Å². The van der Waals surface area contributed by atoms with Crippen molar-refractivity contribution in [2.45, 2.75) is 13.3 Å². The van der Waals surface area contributed by atoms with Crippen molar-refractivity contribution in [3.8, 4) is 0 Å². The van der Waals surface area contributed by atoms with Gasteiger partial charge in [-0.25, -0.2) is 5.43 Å². The molecule has 0 aliphatic rings. The molecule has 0 aliphatic carbocycles. The molecule has 0 bridgehead atoms. The standard InChI is InChI=1S/C14H17N5O6/c1-9(17-18-14(23)13(22)15-5-6-20)7-12(21)16-10-3-2-4-11(8-10)19(24)25/h2-4,8,20H,5-7H2,1H3,(H,15,22)(H,16,21)(H,18,23)/b17-9+. The van der Waals surface area contributed by atoms with Gasteiger partial charge in [-0.05, 0) is 13.0 Å². The predicted molar refractivity (Wildman–Crippen MR) is 87.7 cm³/mol. The Morgan fingerprint density at radius 1 is 1.28 bits per heavy atom. The highest BCUT2D eigenvalue weighted by atomic mass is 16.6. The van der Waals surface area contributed by atoms with Gasteiger partial charge in [0.15, 0.2) is 0 Å². The van der Waals surface area contributed by atoms with E-state index in [9.17, 15) is 24.5 Å². The first-order valence-electron chi connectivity index (χ1n) is 7.10. The predicted octanol–water partition coefficient (Wildman–Crippen LogP) is -0.476. The third-order valence-corrected chi connectivity index (χ3v) is 2.71. The molecule has 1 aromatic rings. The van der Waals surface area contributed by atoms with Crippen molar-refractivity contribution in [2.24, 2.45) is 5.10 Å². The molecule has 0 saturated heterocycles. The van der Waals surface area contributed by atoms with Crippen LogP contribution in [0.25, 0.3) is 0 Å². The number of hydrogen-bond acceptors (Lipinski definition) is 7. The Labute approximate surface area is 142 Å². The Morgan fingerprint density at radius 2 is 2.00 bits per heavy atom. The summed E-state index contributed by atoms with van der Waals surface area (Å²) in [4.78, 5) is 44.5. The van der Waals surface area contributed by atoms with Crippen LogP contribution in [0, 0.1) is 10.1 Å². The van der Waals surface area contributed by atoms with Gasteiger partial charge in [0.05, 0.1) is 18.0 Å². The summed E-state index contributed by atoms with van der Waals surface area (Å²) in [5, 5.41) is 27.4. The van der Waals surface area contributed by atoms with Gasteiger partial charge in [-0.1, -0.05) is 6.07 Å². The highest BCUT2D eigenvalue weighted by Crippen LogP contribution is 2.17. The number of aliphatic hydroxyl groups excluding tert-OH is 1. The number of hydrogen-bond donors (Lipinski definition) is 4. The fourth-order valence-electron chi connectivity index (χ4n) is 1.62. The van der Waals surface area contributed by atoms with E-state index >= 15 is 0 Å². The fraction of sp³-hybridized carbons (Fsp3) is 0.286. The van der Waals surface area contributed by atoms with Crippen molar-refractivity contribution in [3.63, 3.8) is 0 Å². The summed E-state index contributed by atoms with van der Waals surface area (Å²) in [5.41, 5.74) is 2.27. The number of amides is 3. The Hall–Kier alpha value is -3.34. The summed E-state index contributed by atoms with van der Waals surface area (Å²) in [7, 11) is 0. The van der Waals surface area contributed by atoms with Crippen molar-refractivity contribution >= 4 is 34.8 Å². The monoisotopic (exact) mass is 351 g/mol. The number of nitrogens with zero attached hydrogens (tertiary/aromatic N) is 2. The van der Waals surface area contributed by atoms with Crippen molar-refractivity contribution < 1.29 is 24.4 Å². The van der Waals surface area contributed by atoms with Crippen molar-refractivity contribution in [3.05, 3.63) is 34.4 Å². The van der Waals surface area contributed by atoms with Gasteiger partial charge >= 0.3 is 11.8 Å². The molecule has 0 fully saturated rings. The lowest BCUT2D eigenvalue weighted by Gasteiger charge is -2.05. The van der Waals surface area contributed by atoms with Gasteiger partial charge in [0.2, 0.25) is 5.91 Å². The smallest absolute Gasteiger partial charge is 0.329 e. The zero-order valence-corrected chi connectivity index (χ0v) is 13.3. The molecule has 1 aromatic carbocycles. The van der Waals surface area contributed by atoms with E-state index in [1.54, 1.807) is 0 Å². The maximum absolute atomic E-state index is 11.8. The van der Waals surface area contributed by atoms with Crippen LogP contribution < -0.4 is 16.1 Å². The Kier molecular flexibility index (Phi) is 7.66. The summed E-state index contributed by atoms with van der Waals surface area (Å²) in [6, 6.07) is 5.42. The summed E-state index contributed by atoms with van der Waals surface area (Å²) < 4.78 is 0. The van der Waals surface area contributed by atoms with E-state index < -0.39 is 22.6 Å². The molecule has 4 N–H and O–H groups in total. The minimum atomic E-state index is -1.04. The van der Waals surface area contributed by atoms with Crippen molar-refractivity contribution in [2.75, 3.05) is 18.5 Å². The number of carbonyl (C=O) groups is 3. The molecule has 0 spiro atoms. The number of anilines is 1. The van der Waals surface area contributed by atoms with Gasteiger partial charge in [-0.3, -0.25) is 24.5 Å². The second-order valence-electron chi connectivity index (χ2n) is 4.80. The molecule has 3 amide bonds. The van der Waals surface area contributed by atoms with Crippen LogP contribution in [0.4, 0.5) is 11.4 Å². The minimum Gasteiger partial charge on any atom is -0.395 e. The Bertz CT molecular complexity index is 703. The van der Waals surface area contributed by atoms with Crippen LogP contribution in [0.1, 0.15) is 13.3 Å². The zero-order valence-electron chi connectivity index (χ0n) is 13.3. The Balaban J connectivity index is 2.53. The highest BCUT2D eigenvalue weighted by molar-refractivity contribution is 6.35. The normalized spacial score (nSPS) is 10.7. The number of nitrogens with one attached hydrogen (secondary N) is 3. The lowest BCUT2D eigenvalue weighted by Crippen LogP contribution is -2.39. The van der Waals surface area contributed by atoms with Crippen LogP contribution in [0.3, 0.4) is 0 Å². The van der Waals surface area contributed by atoms with Crippen LogP contribution in [0.15, 0.2) is 29.4 Å². The van der Waals surface area contributed by atoms with E-state index in [4.69, 9.17) is 5.11 Å². The number of nitro groups is 1.